The van der Waals surface area contributed by atoms with Crippen molar-refractivity contribution in [1.29, 1.82) is 5.26 Å². The molecule has 1 radical (unpaired) electrons. The number of alkyl halides is 1. The van der Waals surface area contributed by atoms with E-state index in [1.165, 1.54) is 0 Å². The first kappa shape index (κ1) is 18.2. The second-order valence-corrected chi connectivity index (χ2v) is 4.78. The van der Waals surface area contributed by atoms with Crippen LogP contribution in [0.2, 0.25) is 0 Å². The number of hydrogen-bond acceptors (Lipinski definition) is 3. The molecular weight excluding hydrogens is 365 g/mol. The minimum absolute atomic E-state index is 0. The monoisotopic (exact) mass is 378 g/mol. The number of amides is 1. The molecule has 1 amide bonds. The molecule has 1 aliphatic rings. The first-order chi connectivity index (χ1) is 9.67. The van der Waals surface area contributed by atoms with Crippen LogP contribution < -0.4 is 4.74 Å². The summed E-state index contributed by atoms with van der Waals surface area (Å²) >= 11 is 5.96. The topological polar surface area (TPSA) is 53.3 Å². The van der Waals surface area contributed by atoms with E-state index in [9.17, 15) is 4.79 Å². The molecule has 1 aliphatic heterocycles. The van der Waals surface area contributed by atoms with Gasteiger partial charge in [0.2, 0.25) is 5.91 Å². The van der Waals surface area contributed by atoms with Crippen LogP contribution in [-0.2, 0) is 37.5 Å². The first-order valence-corrected chi connectivity index (χ1v) is 6.77. The average molecular weight is 379 g/mol. The molecule has 1 aromatic carbocycles. The number of nitrogens with zero attached hydrogens (tertiary/aromatic N) is 2. The number of allylic oxidation sites excluding steroid dienone is 1. The molecule has 6 heteroatoms. The van der Waals surface area contributed by atoms with Gasteiger partial charge in [0.25, 0.3) is 0 Å². The van der Waals surface area contributed by atoms with Gasteiger partial charge in [0.05, 0.1) is 0 Å². The molecule has 1 heterocycles. The fourth-order valence-corrected chi connectivity index (χ4v) is 2.24. The van der Waals surface area contributed by atoms with Crippen LogP contribution in [0.15, 0.2) is 24.3 Å². The van der Waals surface area contributed by atoms with Gasteiger partial charge in [-0.3, -0.25) is 4.79 Å². The molecule has 4 nitrogen and oxygen atoms in total. The quantitative estimate of drug-likeness (QED) is 0.598. The van der Waals surface area contributed by atoms with Gasteiger partial charge in [0.15, 0.2) is 6.61 Å². The zero-order valence-electron chi connectivity index (χ0n) is 11.7. The van der Waals surface area contributed by atoms with E-state index >= 15 is 0 Å². The van der Waals surface area contributed by atoms with E-state index in [4.69, 9.17) is 21.6 Å². The Hall–Kier alpha value is -0.886. The maximum atomic E-state index is 12.0. The first-order valence-electron chi connectivity index (χ1n) is 6.33. The van der Waals surface area contributed by atoms with Crippen LogP contribution >= 0.6 is 11.6 Å². The van der Waals surface area contributed by atoms with Gasteiger partial charge in [0, 0.05) is 39.3 Å². The number of benzene rings is 1. The van der Waals surface area contributed by atoms with Crippen LogP contribution in [0.5, 0.6) is 5.75 Å². The molecule has 2 rings (SSSR count). The minimum Gasteiger partial charge on any atom is -0.479 e. The van der Waals surface area contributed by atoms with Crippen molar-refractivity contribution in [3.63, 3.8) is 0 Å². The molecule has 0 aliphatic carbocycles. The van der Waals surface area contributed by atoms with Crippen molar-refractivity contribution >= 4 is 23.2 Å². The Morgan fingerprint density at radius 2 is 2.14 bits per heavy atom. The number of hydrogen-bond donors (Lipinski definition) is 0. The Kier molecular flexibility index (Phi) is 7.38. The molecule has 0 saturated carbocycles. The van der Waals surface area contributed by atoms with Gasteiger partial charge in [-0.2, -0.15) is 10.8 Å². The van der Waals surface area contributed by atoms with Crippen LogP contribution in [0.4, 0.5) is 0 Å². The summed E-state index contributed by atoms with van der Waals surface area (Å²) in [6, 6.07) is 9.15. The summed E-state index contributed by atoms with van der Waals surface area (Å²) in [7, 11) is 0. The Bertz CT molecular complexity index is 566. The Balaban J connectivity index is 0.00000220. The molecule has 1 unspecified atom stereocenters. The van der Waals surface area contributed by atoms with Gasteiger partial charge in [-0.1, -0.05) is 6.42 Å². The summed E-state index contributed by atoms with van der Waals surface area (Å²) in [6.07, 6.45) is 3.59. The third-order valence-electron chi connectivity index (χ3n) is 3.00. The Morgan fingerprint density at radius 1 is 1.48 bits per heavy atom. The van der Waals surface area contributed by atoms with E-state index in [0.717, 1.165) is 11.3 Å². The third-order valence-corrected chi connectivity index (χ3v) is 3.34. The smallest absolute Gasteiger partial charge is 0.241 e. The van der Waals surface area contributed by atoms with E-state index < -0.39 is 5.38 Å². The predicted molar refractivity (Wildman–Crippen MR) is 75.8 cm³/mol. The van der Waals surface area contributed by atoms with Gasteiger partial charge in [-0.05, 0) is 19.1 Å². The average Bonchev–Trinajstić information content (AvgIpc) is 2.48. The van der Waals surface area contributed by atoms with Crippen LogP contribution in [-0.4, -0.2) is 29.3 Å². The summed E-state index contributed by atoms with van der Waals surface area (Å²) in [6.45, 7) is 2.47. The van der Waals surface area contributed by atoms with Crippen molar-refractivity contribution < 1.29 is 42.2 Å². The summed E-state index contributed by atoms with van der Waals surface area (Å²) < 4.78 is 5.20. The van der Waals surface area contributed by atoms with Crippen molar-refractivity contribution in [3.8, 4) is 11.8 Å². The summed E-state index contributed by atoms with van der Waals surface area (Å²) in [4.78, 5) is 13.7. The number of ether oxygens (including phenoxy) is 1. The second-order valence-electron chi connectivity index (χ2n) is 4.25. The van der Waals surface area contributed by atoms with Crippen molar-refractivity contribution in [1.82, 2.24) is 4.90 Å². The second kappa shape index (κ2) is 8.53. The van der Waals surface area contributed by atoms with Gasteiger partial charge >= 0.3 is 0 Å². The summed E-state index contributed by atoms with van der Waals surface area (Å²) in [5, 5.41) is 7.93. The molecular formula is C15H14ClN2O2Y-. The van der Waals surface area contributed by atoms with E-state index in [1.54, 1.807) is 17.0 Å². The standard InChI is InChI=1S/C15H14ClN2O2.Y/c1-2-18-14(8-7-13(16)15(18)19)11-3-5-12(6-4-11)20-10-9-17;/h3-6,13H,2,7,10H2,1H3;/q-1;. The molecule has 0 spiro atoms. The predicted octanol–water partition coefficient (Wildman–Crippen LogP) is 2.59. The number of nitriles is 1. The van der Waals surface area contributed by atoms with Gasteiger partial charge in [-0.25, -0.2) is 6.08 Å². The SMILES string of the molecule is CCN1C(=O)C(Cl)C[C-]=C1c1ccc(OCC#N)cc1.[Y]. The van der Waals surface area contributed by atoms with E-state index in [-0.39, 0.29) is 45.2 Å². The maximum absolute atomic E-state index is 12.0. The molecule has 0 fully saturated rings. The summed E-state index contributed by atoms with van der Waals surface area (Å²) in [5.41, 5.74) is 1.63. The van der Waals surface area contributed by atoms with Crippen LogP contribution in [0.1, 0.15) is 18.9 Å². The fraction of sp³-hybridized carbons (Fsp3) is 0.333. The molecule has 1 atom stereocenters. The van der Waals surface area contributed by atoms with Crippen molar-refractivity contribution in [2.75, 3.05) is 13.2 Å². The molecule has 107 valence electrons. The minimum atomic E-state index is -0.531. The summed E-state index contributed by atoms with van der Waals surface area (Å²) in [5.74, 6) is 0.532. The van der Waals surface area contributed by atoms with E-state index in [0.29, 0.717) is 18.7 Å². The van der Waals surface area contributed by atoms with E-state index in [2.05, 4.69) is 6.08 Å². The maximum Gasteiger partial charge on any atom is 0.241 e. The number of halogens is 1. The van der Waals surface area contributed by atoms with Gasteiger partial charge < -0.3 is 9.64 Å². The van der Waals surface area contributed by atoms with E-state index in [1.807, 2.05) is 25.1 Å². The molecule has 0 bridgehead atoms. The molecule has 0 N–H and O–H groups in total. The van der Waals surface area contributed by atoms with Gasteiger partial charge in [0.1, 0.15) is 17.2 Å². The number of carbonyl (C=O) groups excluding carboxylic acids is 1. The third kappa shape index (κ3) is 4.29. The Labute approximate surface area is 154 Å². The molecule has 1 aromatic rings. The van der Waals surface area contributed by atoms with Crippen LogP contribution in [0, 0.1) is 17.4 Å². The molecule has 0 saturated heterocycles. The van der Waals surface area contributed by atoms with Crippen molar-refractivity contribution in [2.24, 2.45) is 0 Å². The van der Waals surface area contributed by atoms with Crippen molar-refractivity contribution in [2.45, 2.75) is 18.7 Å². The normalized spacial score (nSPS) is 17.6. The molecule has 0 aromatic heterocycles. The number of carbonyl (C=O) groups is 1. The Morgan fingerprint density at radius 3 is 2.71 bits per heavy atom. The fourth-order valence-electron chi connectivity index (χ4n) is 2.04. The van der Waals surface area contributed by atoms with Gasteiger partial charge in [-0.15, -0.1) is 29.4 Å². The van der Waals surface area contributed by atoms with Crippen molar-refractivity contribution in [3.05, 3.63) is 35.9 Å². The number of rotatable bonds is 4. The zero-order chi connectivity index (χ0) is 14.5. The van der Waals surface area contributed by atoms with Crippen LogP contribution in [0.3, 0.4) is 0 Å². The van der Waals surface area contributed by atoms with Crippen LogP contribution in [0.25, 0.3) is 5.70 Å². The molecule has 21 heavy (non-hydrogen) atoms. The zero-order valence-corrected chi connectivity index (χ0v) is 15.3. The largest absolute Gasteiger partial charge is 0.479 e.